The molecule has 0 saturated carbocycles. The molecule has 0 aliphatic carbocycles. The van der Waals surface area contributed by atoms with Gasteiger partial charge in [0, 0.05) is 35.8 Å². The number of hydrogen-bond donors (Lipinski definition) is 1. The normalized spacial score (nSPS) is 14.1. The van der Waals surface area contributed by atoms with Crippen molar-refractivity contribution in [1.29, 1.82) is 0 Å². The first-order valence-electron chi connectivity index (χ1n) is 8.70. The Morgan fingerprint density at radius 1 is 1.11 bits per heavy atom. The average molecular weight is 391 g/mol. The molecule has 0 spiro atoms. The fourth-order valence-electron chi connectivity index (χ4n) is 2.84. The minimum Gasteiger partial charge on any atom is -0.378 e. The maximum absolute atomic E-state index is 13.7. The van der Waals surface area contributed by atoms with E-state index in [9.17, 15) is 14.0 Å². The second kappa shape index (κ2) is 8.97. The Bertz CT molecular complexity index is 800. The lowest BCUT2D eigenvalue weighted by molar-refractivity contribution is -0.120. The number of rotatable bonds is 5. The van der Waals surface area contributed by atoms with Crippen molar-refractivity contribution in [3.63, 3.8) is 0 Å². The maximum Gasteiger partial charge on any atom is 0.254 e. The Hall–Kier alpha value is -2.44. The number of nitrogens with zero attached hydrogens (tertiary/aromatic N) is 1. The van der Waals surface area contributed by atoms with Gasteiger partial charge in [-0.2, -0.15) is 0 Å². The quantitative estimate of drug-likeness (QED) is 0.854. The molecular formula is C20H20ClFN2O3. The van der Waals surface area contributed by atoms with Crippen molar-refractivity contribution < 1.29 is 18.7 Å². The summed E-state index contributed by atoms with van der Waals surface area (Å²) < 4.78 is 19.0. The maximum atomic E-state index is 13.7. The van der Waals surface area contributed by atoms with Crippen LogP contribution in [0.15, 0.2) is 42.5 Å². The van der Waals surface area contributed by atoms with Gasteiger partial charge in [-0.3, -0.25) is 9.59 Å². The standard InChI is InChI=1S/C20H20ClFN2O3/c21-17-2-1-3-18(22)16(17)12-19(25)23-13-14-4-6-15(7-5-14)20(26)24-8-10-27-11-9-24/h1-7H,8-13H2,(H,23,25). The highest BCUT2D eigenvalue weighted by atomic mass is 35.5. The molecule has 1 N–H and O–H groups in total. The molecule has 1 aliphatic heterocycles. The lowest BCUT2D eigenvalue weighted by atomic mass is 10.1. The van der Waals surface area contributed by atoms with Crippen LogP contribution in [0.4, 0.5) is 4.39 Å². The van der Waals surface area contributed by atoms with Crippen LogP contribution in [0.2, 0.25) is 5.02 Å². The number of ether oxygens (including phenoxy) is 1. The van der Waals surface area contributed by atoms with Crippen LogP contribution in [-0.4, -0.2) is 43.0 Å². The van der Waals surface area contributed by atoms with E-state index in [0.717, 1.165) is 5.56 Å². The predicted molar refractivity (Wildman–Crippen MR) is 100 cm³/mol. The molecule has 7 heteroatoms. The molecule has 1 fully saturated rings. The van der Waals surface area contributed by atoms with Gasteiger partial charge in [0.15, 0.2) is 0 Å². The number of benzene rings is 2. The molecule has 1 saturated heterocycles. The van der Waals surface area contributed by atoms with Crippen LogP contribution < -0.4 is 5.32 Å². The van der Waals surface area contributed by atoms with E-state index < -0.39 is 5.82 Å². The lowest BCUT2D eigenvalue weighted by Crippen LogP contribution is -2.40. The van der Waals surface area contributed by atoms with Crippen LogP contribution >= 0.6 is 11.6 Å². The van der Waals surface area contributed by atoms with Gasteiger partial charge in [-0.25, -0.2) is 4.39 Å². The van der Waals surface area contributed by atoms with E-state index in [2.05, 4.69) is 5.32 Å². The minimum absolute atomic E-state index is 0.0249. The molecule has 2 amide bonds. The highest BCUT2D eigenvalue weighted by Crippen LogP contribution is 2.19. The number of halogens is 2. The van der Waals surface area contributed by atoms with Crippen molar-refractivity contribution in [2.24, 2.45) is 0 Å². The zero-order valence-corrected chi connectivity index (χ0v) is 15.5. The van der Waals surface area contributed by atoms with Gasteiger partial charge < -0.3 is 15.0 Å². The van der Waals surface area contributed by atoms with Gasteiger partial charge in [0.25, 0.3) is 5.91 Å². The molecule has 1 aliphatic rings. The molecule has 0 atom stereocenters. The second-order valence-electron chi connectivity index (χ2n) is 6.26. The van der Waals surface area contributed by atoms with Gasteiger partial charge in [0.1, 0.15) is 5.82 Å². The first kappa shape index (κ1) is 19.3. The first-order chi connectivity index (χ1) is 13.0. The topological polar surface area (TPSA) is 58.6 Å². The summed E-state index contributed by atoms with van der Waals surface area (Å²) in [5.41, 5.74) is 1.63. The van der Waals surface area contributed by atoms with E-state index >= 15 is 0 Å². The molecule has 27 heavy (non-hydrogen) atoms. The van der Waals surface area contributed by atoms with Crippen LogP contribution in [0.3, 0.4) is 0 Å². The molecule has 0 radical (unpaired) electrons. The number of amides is 2. The Morgan fingerprint density at radius 3 is 2.48 bits per heavy atom. The van der Waals surface area contributed by atoms with Gasteiger partial charge in [0.2, 0.25) is 5.91 Å². The van der Waals surface area contributed by atoms with E-state index in [-0.39, 0.29) is 35.4 Å². The number of carbonyl (C=O) groups excluding carboxylic acids is 2. The van der Waals surface area contributed by atoms with Crippen molar-refractivity contribution in [1.82, 2.24) is 10.2 Å². The number of hydrogen-bond acceptors (Lipinski definition) is 3. The van der Waals surface area contributed by atoms with Crippen LogP contribution in [-0.2, 0) is 22.5 Å². The Kier molecular flexibility index (Phi) is 6.42. The van der Waals surface area contributed by atoms with Crippen LogP contribution in [0.1, 0.15) is 21.5 Å². The summed E-state index contributed by atoms with van der Waals surface area (Å²) in [6, 6.07) is 11.4. The monoisotopic (exact) mass is 390 g/mol. The van der Waals surface area contributed by atoms with Crippen molar-refractivity contribution in [2.75, 3.05) is 26.3 Å². The van der Waals surface area contributed by atoms with E-state index in [0.29, 0.717) is 31.9 Å². The Morgan fingerprint density at radius 2 is 1.81 bits per heavy atom. The number of morpholine rings is 1. The lowest BCUT2D eigenvalue weighted by Gasteiger charge is -2.26. The fourth-order valence-corrected chi connectivity index (χ4v) is 3.07. The van der Waals surface area contributed by atoms with E-state index in [1.807, 2.05) is 0 Å². The zero-order valence-electron chi connectivity index (χ0n) is 14.7. The summed E-state index contributed by atoms with van der Waals surface area (Å²) in [4.78, 5) is 26.2. The van der Waals surface area contributed by atoms with Gasteiger partial charge >= 0.3 is 0 Å². The Labute approximate surface area is 162 Å². The predicted octanol–water partition coefficient (Wildman–Crippen LogP) is 2.81. The summed E-state index contributed by atoms with van der Waals surface area (Å²) >= 11 is 5.94. The van der Waals surface area contributed by atoms with Crippen molar-refractivity contribution in [3.8, 4) is 0 Å². The number of carbonyl (C=O) groups is 2. The van der Waals surface area contributed by atoms with E-state index in [4.69, 9.17) is 16.3 Å². The van der Waals surface area contributed by atoms with Crippen LogP contribution in [0.25, 0.3) is 0 Å². The van der Waals surface area contributed by atoms with Crippen molar-refractivity contribution in [3.05, 3.63) is 70.0 Å². The highest BCUT2D eigenvalue weighted by molar-refractivity contribution is 6.31. The summed E-state index contributed by atoms with van der Waals surface area (Å²) in [6.07, 6.45) is -0.126. The summed E-state index contributed by atoms with van der Waals surface area (Å²) in [5, 5.41) is 2.97. The van der Waals surface area contributed by atoms with E-state index in [1.54, 1.807) is 35.2 Å². The van der Waals surface area contributed by atoms with Gasteiger partial charge in [-0.15, -0.1) is 0 Å². The number of nitrogens with one attached hydrogen (secondary N) is 1. The van der Waals surface area contributed by atoms with E-state index in [1.165, 1.54) is 12.1 Å². The zero-order chi connectivity index (χ0) is 19.2. The van der Waals surface area contributed by atoms with Gasteiger partial charge in [0.05, 0.1) is 19.6 Å². The molecule has 1 heterocycles. The third kappa shape index (κ3) is 5.05. The smallest absolute Gasteiger partial charge is 0.254 e. The summed E-state index contributed by atoms with van der Waals surface area (Å²) in [5.74, 6) is -0.845. The van der Waals surface area contributed by atoms with Gasteiger partial charge in [-0.1, -0.05) is 29.8 Å². The molecule has 142 valence electrons. The van der Waals surface area contributed by atoms with Crippen molar-refractivity contribution in [2.45, 2.75) is 13.0 Å². The summed E-state index contributed by atoms with van der Waals surface area (Å²) in [6.45, 7) is 2.59. The van der Waals surface area contributed by atoms with Crippen LogP contribution in [0, 0.1) is 5.82 Å². The van der Waals surface area contributed by atoms with Crippen molar-refractivity contribution >= 4 is 23.4 Å². The van der Waals surface area contributed by atoms with Gasteiger partial charge in [-0.05, 0) is 29.8 Å². The summed E-state index contributed by atoms with van der Waals surface area (Å²) in [7, 11) is 0. The van der Waals surface area contributed by atoms with Crippen LogP contribution in [0.5, 0.6) is 0 Å². The molecular weight excluding hydrogens is 371 g/mol. The SMILES string of the molecule is O=C(Cc1c(F)cccc1Cl)NCc1ccc(C(=O)N2CCOCC2)cc1. The molecule has 2 aromatic carbocycles. The average Bonchev–Trinajstić information content (AvgIpc) is 2.70. The first-order valence-corrected chi connectivity index (χ1v) is 9.08. The molecule has 0 unspecified atom stereocenters. The molecule has 0 aromatic heterocycles. The third-order valence-electron chi connectivity index (χ3n) is 4.39. The molecule has 2 aromatic rings. The minimum atomic E-state index is -0.497. The Balaban J connectivity index is 1.54. The molecule has 0 bridgehead atoms. The highest BCUT2D eigenvalue weighted by Gasteiger charge is 2.18. The molecule has 5 nitrogen and oxygen atoms in total. The fraction of sp³-hybridized carbons (Fsp3) is 0.300. The largest absolute Gasteiger partial charge is 0.378 e. The molecule has 3 rings (SSSR count). The second-order valence-corrected chi connectivity index (χ2v) is 6.66. The third-order valence-corrected chi connectivity index (χ3v) is 4.74.